The second-order valence-corrected chi connectivity index (χ2v) is 23.1. The molecule has 0 atom stereocenters. The number of hydrogen-bond acceptors (Lipinski definition) is 3. The molecule has 302 valence electrons. The Bertz CT molecular complexity index is 2460. The van der Waals surface area contributed by atoms with E-state index in [9.17, 15) is 0 Å². The fourth-order valence-electron chi connectivity index (χ4n) is 10.9. The third-order valence-corrected chi connectivity index (χ3v) is 15.0. The number of fused-ring (bicyclic) bond motifs is 7. The maximum Gasteiger partial charge on any atom is 0.297 e. The zero-order valence-corrected chi connectivity index (χ0v) is 38.3. The SMILES string of the molecule is CCc1cc2c3c(c1)N(c1ccc(C(C)(C)C)cc1)c1c(oc4c1C(C)(C)CCC4(C)C)B3c1cc3c(cc1N2c1ccc(C(C)(C)C)cc1)C(C)(C)CCC3(C)C. The van der Waals surface area contributed by atoms with Gasteiger partial charge < -0.3 is 14.2 Å². The quantitative estimate of drug-likeness (QED) is 0.167. The van der Waals surface area contributed by atoms with Crippen LogP contribution in [0.5, 0.6) is 0 Å². The van der Waals surface area contributed by atoms with Gasteiger partial charge in [-0.1, -0.05) is 134 Å². The summed E-state index contributed by atoms with van der Waals surface area (Å²) in [5.74, 6) is 1.18. The molecule has 2 aliphatic heterocycles. The van der Waals surface area contributed by atoms with Gasteiger partial charge in [0, 0.05) is 39.4 Å². The van der Waals surface area contributed by atoms with E-state index in [1.165, 1.54) is 97.0 Å². The molecule has 0 N–H and O–H groups in total. The van der Waals surface area contributed by atoms with Gasteiger partial charge in [-0.25, -0.2) is 0 Å². The molecule has 0 bridgehead atoms. The van der Waals surface area contributed by atoms with Gasteiger partial charge in [0.25, 0.3) is 6.71 Å². The topological polar surface area (TPSA) is 19.6 Å². The minimum atomic E-state index is -0.0756. The summed E-state index contributed by atoms with van der Waals surface area (Å²) >= 11 is 0. The second-order valence-electron chi connectivity index (χ2n) is 23.1. The lowest BCUT2D eigenvalue weighted by molar-refractivity contribution is 0.282. The molecule has 58 heavy (non-hydrogen) atoms. The molecule has 0 fully saturated rings. The molecular weight excluding hydrogens is 703 g/mol. The van der Waals surface area contributed by atoms with Crippen molar-refractivity contribution in [3.05, 3.63) is 112 Å². The van der Waals surface area contributed by atoms with Crippen molar-refractivity contribution in [2.75, 3.05) is 9.80 Å². The lowest BCUT2D eigenvalue weighted by Crippen LogP contribution is -2.61. The molecular formula is C54H67BN2O. The molecule has 1 aromatic heterocycles. The summed E-state index contributed by atoms with van der Waals surface area (Å²) in [6.07, 6.45) is 5.54. The number of rotatable bonds is 3. The Morgan fingerprint density at radius 3 is 1.55 bits per heavy atom. The highest BCUT2D eigenvalue weighted by Crippen LogP contribution is 2.56. The van der Waals surface area contributed by atoms with Gasteiger partial charge in [0.15, 0.2) is 0 Å². The average molecular weight is 771 g/mol. The van der Waals surface area contributed by atoms with Gasteiger partial charge in [0.1, 0.15) is 5.76 Å². The van der Waals surface area contributed by atoms with Crippen LogP contribution in [-0.4, -0.2) is 6.71 Å². The van der Waals surface area contributed by atoms with E-state index in [1.807, 2.05) is 0 Å². The van der Waals surface area contributed by atoms with Gasteiger partial charge in [-0.15, -0.1) is 0 Å². The Kier molecular flexibility index (Phi) is 8.42. The predicted molar refractivity (Wildman–Crippen MR) is 250 cm³/mol. The van der Waals surface area contributed by atoms with Gasteiger partial charge in [0.2, 0.25) is 0 Å². The van der Waals surface area contributed by atoms with Gasteiger partial charge in [-0.2, -0.15) is 0 Å². The first kappa shape index (κ1) is 39.3. The minimum absolute atomic E-state index is 0.0422. The van der Waals surface area contributed by atoms with Crippen LogP contribution in [0.25, 0.3) is 0 Å². The molecule has 0 amide bonds. The highest BCUT2D eigenvalue weighted by Gasteiger charge is 2.53. The Labute approximate surface area is 350 Å². The highest BCUT2D eigenvalue weighted by atomic mass is 16.3. The van der Waals surface area contributed by atoms with Crippen molar-refractivity contribution in [2.45, 2.75) is 168 Å². The smallest absolute Gasteiger partial charge is 0.297 e. The molecule has 0 spiro atoms. The number of nitrogens with zero attached hydrogens (tertiary/aromatic N) is 2. The van der Waals surface area contributed by atoms with E-state index in [1.54, 1.807) is 0 Å². The van der Waals surface area contributed by atoms with Crippen molar-refractivity contribution >= 4 is 57.4 Å². The summed E-state index contributed by atoms with van der Waals surface area (Å²) in [6.45, 7) is 35.7. The van der Waals surface area contributed by atoms with E-state index >= 15 is 0 Å². The molecule has 4 aliphatic rings. The van der Waals surface area contributed by atoms with Gasteiger partial charge in [-0.3, -0.25) is 0 Å². The second kappa shape index (κ2) is 12.4. The first-order valence-electron chi connectivity index (χ1n) is 22.3. The standard InChI is InChI=1S/C54H67BN2O/c1-16-33-29-42-45-43(30-33)57(37-23-19-35(20-24-37)50(5,6)7)46-44-47(54(14,15)28-27-53(44,12)13)58-48(46)55(45)40-31-38-39(52(10,11)26-25-51(38,8)9)32-41(40)56(42)36-21-17-34(18-22-36)49(2,3)4/h17-24,29-32H,16,25-28H2,1-15H3. The molecule has 0 radical (unpaired) electrons. The van der Waals surface area contributed by atoms with Crippen molar-refractivity contribution in [3.63, 3.8) is 0 Å². The summed E-state index contributed by atoms with van der Waals surface area (Å²) in [5.41, 5.74) is 20.0. The third-order valence-electron chi connectivity index (χ3n) is 15.0. The van der Waals surface area contributed by atoms with E-state index in [-0.39, 0.29) is 39.2 Å². The molecule has 3 heterocycles. The Hall–Kier alpha value is -4.18. The Morgan fingerprint density at radius 1 is 0.569 bits per heavy atom. The first-order valence-corrected chi connectivity index (χ1v) is 22.3. The van der Waals surface area contributed by atoms with Crippen LogP contribution in [0.4, 0.5) is 34.1 Å². The van der Waals surface area contributed by atoms with Crippen LogP contribution >= 0.6 is 0 Å². The van der Waals surface area contributed by atoms with Crippen LogP contribution in [0.15, 0.2) is 77.2 Å². The normalized spacial score (nSPS) is 19.5. The number of furan rings is 1. The van der Waals surface area contributed by atoms with E-state index in [4.69, 9.17) is 4.42 Å². The largest absolute Gasteiger partial charge is 0.472 e. The molecule has 4 heteroatoms. The van der Waals surface area contributed by atoms with Crippen molar-refractivity contribution in [3.8, 4) is 0 Å². The molecule has 0 unspecified atom stereocenters. The fourth-order valence-corrected chi connectivity index (χ4v) is 10.9. The van der Waals surface area contributed by atoms with E-state index in [0.29, 0.717) is 0 Å². The Balaban J connectivity index is 1.43. The summed E-state index contributed by atoms with van der Waals surface area (Å²) in [6, 6.07) is 29.2. The average Bonchev–Trinajstić information content (AvgIpc) is 3.57. The number of aryl methyl sites for hydroxylation is 1. The van der Waals surface area contributed by atoms with Crippen molar-refractivity contribution in [1.82, 2.24) is 0 Å². The van der Waals surface area contributed by atoms with E-state index in [2.05, 4.69) is 186 Å². The number of benzene rings is 4. The predicted octanol–water partition coefficient (Wildman–Crippen LogP) is 13.2. The zero-order valence-electron chi connectivity index (χ0n) is 38.3. The highest BCUT2D eigenvalue weighted by molar-refractivity contribution is 6.99. The molecule has 3 nitrogen and oxygen atoms in total. The maximum atomic E-state index is 7.64. The van der Waals surface area contributed by atoms with Gasteiger partial charge in [-0.05, 0) is 140 Å². The summed E-state index contributed by atoms with van der Waals surface area (Å²) in [7, 11) is 0. The van der Waals surface area contributed by atoms with Crippen LogP contribution in [0.1, 0.15) is 169 Å². The molecule has 0 saturated heterocycles. The summed E-state index contributed by atoms with van der Waals surface area (Å²) in [4.78, 5) is 5.25. The van der Waals surface area contributed by atoms with Crippen LogP contribution in [0.3, 0.4) is 0 Å². The number of hydrogen-bond donors (Lipinski definition) is 0. The Morgan fingerprint density at radius 2 is 1.03 bits per heavy atom. The molecule has 0 saturated carbocycles. The van der Waals surface area contributed by atoms with Gasteiger partial charge in [0.05, 0.1) is 11.3 Å². The van der Waals surface area contributed by atoms with Crippen molar-refractivity contribution in [1.29, 1.82) is 0 Å². The monoisotopic (exact) mass is 771 g/mol. The molecule has 2 aliphatic carbocycles. The fraction of sp³-hybridized carbons (Fsp3) is 0.481. The minimum Gasteiger partial charge on any atom is -0.472 e. The summed E-state index contributed by atoms with van der Waals surface area (Å²) < 4.78 is 7.64. The molecule has 9 rings (SSSR count). The van der Waals surface area contributed by atoms with Crippen molar-refractivity contribution in [2.24, 2.45) is 0 Å². The molecule has 4 aromatic carbocycles. The number of anilines is 6. The summed E-state index contributed by atoms with van der Waals surface area (Å²) in [5, 5.41) is 0. The van der Waals surface area contributed by atoms with Crippen LogP contribution in [-0.2, 0) is 38.9 Å². The van der Waals surface area contributed by atoms with Crippen molar-refractivity contribution < 1.29 is 4.42 Å². The zero-order chi connectivity index (χ0) is 41.7. The molecule has 5 aromatic rings. The van der Waals surface area contributed by atoms with Gasteiger partial charge >= 0.3 is 0 Å². The third kappa shape index (κ3) is 5.81. The first-order chi connectivity index (χ1) is 26.9. The van der Waals surface area contributed by atoms with Crippen LogP contribution in [0, 0.1) is 0 Å². The lowest BCUT2D eigenvalue weighted by Gasteiger charge is -2.47. The van der Waals surface area contributed by atoms with E-state index < -0.39 is 0 Å². The maximum absolute atomic E-state index is 7.64. The lowest BCUT2D eigenvalue weighted by atomic mass is 9.35. The van der Waals surface area contributed by atoms with Crippen LogP contribution in [0.2, 0.25) is 0 Å². The van der Waals surface area contributed by atoms with Crippen LogP contribution < -0.4 is 26.4 Å². The van der Waals surface area contributed by atoms with E-state index in [0.717, 1.165) is 24.9 Å².